The van der Waals surface area contributed by atoms with E-state index < -0.39 is 11.6 Å². The minimum atomic E-state index is -0.678. The summed E-state index contributed by atoms with van der Waals surface area (Å²) in [5.74, 6) is -0.537. The van der Waals surface area contributed by atoms with Crippen molar-refractivity contribution in [3.8, 4) is 5.75 Å². The molecule has 0 aliphatic carbocycles. The summed E-state index contributed by atoms with van der Waals surface area (Å²) in [6, 6.07) is 20.8. The number of halogens is 2. The molecule has 1 aliphatic rings. The highest BCUT2D eigenvalue weighted by atomic mass is 19.1. The van der Waals surface area contributed by atoms with Crippen LogP contribution in [0.25, 0.3) is 0 Å². The maximum absolute atomic E-state index is 13.9. The van der Waals surface area contributed by atoms with Gasteiger partial charge in [0.2, 0.25) is 5.90 Å². The zero-order valence-corrected chi connectivity index (χ0v) is 14.4. The molecule has 3 aromatic rings. The highest BCUT2D eigenvalue weighted by molar-refractivity contribution is 5.95. The van der Waals surface area contributed by atoms with Crippen LogP contribution in [0, 0.1) is 11.6 Å². The van der Waals surface area contributed by atoms with Crippen LogP contribution in [-0.4, -0.2) is 12.5 Å². The molecule has 5 heteroatoms. The fraction of sp³-hybridized carbons (Fsp3) is 0.136. The van der Waals surface area contributed by atoms with Gasteiger partial charge in [-0.1, -0.05) is 48.5 Å². The molecule has 0 bridgehead atoms. The zero-order chi connectivity index (χ0) is 18.6. The number of hydrogen-bond donors (Lipinski definition) is 0. The van der Waals surface area contributed by atoms with Crippen molar-refractivity contribution < 1.29 is 18.3 Å². The summed E-state index contributed by atoms with van der Waals surface area (Å²) in [7, 11) is 0. The van der Waals surface area contributed by atoms with Crippen molar-refractivity contribution >= 4 is 5.90 Å². The summed E-state index contributed by atoms with van der Waals surface area (Å²) < 4.78 is 39.0. The lowest BCUT2D eigenvalue weighted by Crippen LogP contribution is -2.07. The second-order valence-corrected chi connectivity index (χ2v) is 6.20. The molecule has 1 atom stereocenters. The molecule has 1 unspecified atom stereocenters. The van der Waals surface area contributed by atoms with Gasteiger partial charge >= 0.3 is 0 Å². The van der Waals surface area contributed by atoms with E-state index in [-0.39, 0.29) is 24.1 Å². The molecule has 27 heavy (non-hydrogen) atoms. The van der Waals surface area contributed by atoms with E-state index in [2.05, 4.69) is 4.99 Å². The summed E-state index contributed by atoms with van der Waals surface area (Å²) >= 11 is 0. The van der Waals surface area contributed by atoms with Crippen molar-refractivity contribution in [1.29, 1.82) is 0 Å². The van der Waals surface area contributed by atoms with Crippen molar-refractivity contribution in [2.24, 2.45) is 4.99 Å². The minimum Gasteiger partial charge on any atom is -0.489 e. The summed E-state index contributed by atoms with van der Waals surface area (Å²) in [6.45, 7) is 0.712. The topological polar surface area (TPSA) is 30.8 Å². The van der Waals surface area contributed by atoms with E-state index in [0.29, 0.717) is 6.61 Å². The third-order valence-corrected chi connectivity index (χ3v) is 4.34. The highest BCUT2D eigenvalue weighted by Gasteiger charge is 2.26. The zero-order valence-electron chi connectivity index (χ0n) is 14.4. The van der Waals surface area contributed by atoms with E-state index >= 15 is 0 Å². The molecule has 0 spiro atoms. The molecule has 0 amide bonds. The molecule has 0 saturated carbocycles. The maximum atomic E-state index is 13.9. The quantitative estimate of drug-likeness (QED) is 0.633. The molecule has 1 aliphatic heterocycles. The number of ether oxygens (including phenoxy) is 2. The Morgan fingerprint density at radius 1 is 0.889 bits per heavy atom. The van der Waals surface area contributed by atoms with Crippen LogP contribution in [0.2, 0.25) is 0 Å². The number of para-hydroxylation sites is 1. The second kappa shape index (κ2) is 7.58. The summed E-state index contributed by atoms with van der Waals surface area (Å²) in [6.07, 6.45) is 0. The van der Waals surface area contributed by atoms with Crippen LogP contribution < -0.4 is 4.74 Å². The van der Waals surface area contributed by atoms with Gasteiger partial charge in [0.1, 0.15) is 42.2 Å². The van der Waals surface area contributed by atoms with Crippen LogP contribution in [0.4, 0.5) is 8.78 Å². The number of nitrogens with zero attached hydrogens (tertiary/aromatic N) is 1. The van der Waals surface area contributed by atoms with Gasteiger partial charge in [-0.15, -0.1) is 0 Å². The van der Waals surface area contributed by atoms with Crippen LogP contribution in [-0.2, 0) is 11.3 Å². The van der Waals surface area contributed by atoms with Gasteiger partial charge in [-0.25, -0.2) is 13.8 Å². The van der Waals surface area contributed by atoms with Gasteiger partial charge in [0.05, 0.1) is 0 Å². The Morgan fingerprint density at radius 2 is 1.59 bits per heavy atom. The largest absolute Gasteiger partial charge is 0.489 e. The minimum absolute atomic E-state index is 0.00656. The summed E-state index contributed by atoms with van der Waals surface area (Å²) in [5, 5.41) is 0. The highest BCUT2D eigenvalue weighted by Crippen LogP contribution is 2.27. The second-order valence-electron chi connectivity index (χ2n) is 6.20. The fourth-order valence-corrected chi connectivity index (χ4v) is 2.90. The molecule has 0 N–H and O–H groups in total. The van der Waals surface area contributed by atoms with Gasteiger partial charge in [-0.2, -0.15) is 0 Å². The van der Waals surface area contributed by atoms with Crippen molar-refractivity contribution in [3.05, 3.63) is 101 Å². The lowest BCUT2D eigenvalue weighted by Gasteiger charge is -2.08. The number of rotatable bonds is 5. The van der Waals surface area contributed by atoms with Crippen molar-refractivity contribution in [2.75, 3.05) is 6.61 Å². The first-order valence-electron chi connectivity index (χ1n) is 8.62. The van der Waals surface area contributed by atoms with E-state index in [1.807, 2.05) is 54.6 Å². The third-order valence-electron chi connectivity index (χ3n) is 4.34. The molecule has 0 saturated heterocycles. The third kappa shape index (κ3) is 3.82. The number of hydrogen-bond acceptors (Lipinski definition) is 3. The average Bonchev–Trinajstić information content (AvgIpc) is 3.17. The van der Waals surface area contributed by atoms with Gasteiger partial charge < -0.3 is 9.47 Å². The Morgan fingerprint density at radius 3 is 2.30 bits per heavy atom. The van der Waals surface area contributed by atoms with Gasteiger partial charge in [-0.3, -0.25) is 0 Å². The lowest BCUT2D eigenvalue weighted by atomic mass is 10.1. The van der Waals surface area contributed by atoms with Crippen molar-refractivity contribution in [1.82, 2.24) is 0 Å². The van der Waals surface area contributed by atoms with E-state index in [1.54, 1.807) is 0 Å². The molecule has 0 fully saturated rings. The first-order valence-corrected chi connectivity index (χ1v) is 8.62. The standard InChI is InChI=1S/C22H17F2NO2/c23-18-7-4-8-19(24)21(18)22-25-20(14-27-22)16-11-9-15(10-12-16)13-26-17-5-2-1-3-6-17/h1-12,20H,13-14H2. The molecule has 0 radical (unpaired) electrons. The summed E-state index contributed by atoms with van der Waals surface area (Å²) in [4.78, 5) is 4.36. The molecule has 3 nitrogen and oxygen atoms in total. The first-order chi connectivity index (χ1) is 13.2. The Balaban J connectivity index is 1.46. The molecular formula is C22H17F2NO2. The van der Waals surface area contributed by atoms with E-state index in [4.69, 9.17) is 9.47 Å². The van der Waals surface area contributed by atoms with Gasteiger partial charge in [0, 0.05) is 0 Å². The number of benzene rings is 3. The van der Waals surface area contributed by atoms with E-state index in [1.165, 1.54) is 18.2 Å². The van der Waals surface area contributed by atoms with E-state index in [9.17, 15) is 8.78 Å². The Bertz CT molecular complexity index is 936. The molecular weight excluding hydrogens is 348 g/mol. The molecule has 3 aromatic carbocycles. The van der Waals surface area contributed by atoms with Crippen LogP contribution >= 0.6 is 0 Å². The monoisotopic (exact) mass is 365 g/mol. The Hall–Kier alpha value is -3.21. The van der Waals surface area contributed by atoms with Crippen LogP contribution in [0.1, 0.15) is 22.7 Å². The maximum Gasteiger partial charge on any atom is 0.222 e. The van der Waals surface area contributed by atoms with Crippen LogP contribution in [0.3, 0.4) is 0 Å². The smallest absolute Gasteiger partial charge is 0.222 e. The van der Waals surface area contributed by atoms with E-state index in [0.717, 1.165) is 16.9 Å². The average molecular weight is 365 g/mol. The summed E-state index contributed by atoms with van der Waals surface area (Å²) in [5.41, 5.74) is 1.73. The predicted octanol–water partition coefficient (Wildman–Crippen LogP) is 5.06. The van der Waals surface area contributed by atoms with Crippen molar-refractivity contribution in [2.45, 2.75) is 12.6 Å². The predicted molar refractivity (Wildman–Crippen MR) is 98.8 cm³/mol. The number of aliphatic imine (C=N–C) groups is 1. The normalized spacial score (nSPS) is 15.9. The van der Waals surface area contributed by atoms with Gasteiger partial charge in [-0.05, 0) is 35.4 Å². The molecule has 0 aromatic heterocycles. The fourth-order valence-electron chi connectivity index (χ4n) is 2.90. The molecule has 4 rings (SSSR count). The lowest BCUT2D eigenvalue weighted by molar-refractivity contribution is 0.306. The van der Waals surface area contributed by atoms with Gasteiger partial charge in [0.25, 0.3) is 0 Å². The molecule has 1 heterocycles. The molecule has 136 valence electrons. The SMILES string of the molecule is Fc1cccc(F)c1C1=NC(c2ccc(COc3ccccc3)cc2)CO1. The van der Waals surface area contributed by atoms with Crippen molar-refractivity contribution in [3.63, 3.8) is 0 Å². The first kappa shape index (κ1) is 17.2. The van der Waals surface area contributed by atoms with Crippen LogP contribution in [0.5, 0.6) is 5.75 Å². The Kier molecular flexibility index (Phi) is 4.83. The van der Waals surface area contributed by atoms with Gasteiger partial charge in [0.15, 0.2) is 0 Å². The van der Waals surface area contributed by atoms with Crippen LogP contribution in [0.15, 0.2) is 77.8 Å². The Labute approximate surface area is 155 Å².